The maximum absolute atomic E-state index is 13.7. The van der Waals surface area contributed by atoms with E-state index < -0.39 is 22.0 Å². The molecule has 0 bridgehead atoms. The lowest BCUT2D eigenvalue weighted by molar-refractivity contribution is -0.137. The molecule has 4 aromatic carbocycles. The first-order valence-electron chi connectivity index (χ1n) is 11.7. The van der Waals surface area contributed by atoms with Gasteiger partial charge in [-0.25, -0.2) is 13.2 Å². The minimum Gasteiger partial charge on any atom is -0.480 e. The molecule has 0 aliphatic rings. The standard InChI is InChI=1S/C28H25Cl2N3O5S/c1-17(28(35)36)33(39(37,38)24-14-20(29)13-21(30)15-24)23-10-11-25-19(12-23)4-3-5-26(25)27(34)32(2)16-18-6-8-22(31)9-7-18/h3-15,17H,16,31H2,1-2H3,(H,35,36). The Morgan fingerprint density at radius 1 is 0.949 bits per heavy atom. The maximum atomic E-state index is 13.7. The van der Waals surface area contributed by atoms with Crippen LogP contribution in [0.25, 0.3) is 10.8 Å². The number of carbonyl (C=O) groups excluding carboxylic acids is 1. The fourth-order valence-electron chi connectivity index (χ4n) is 4.23. The molecular formula is C28H25Cl2N3O5S. The number of rotatable bonds is 8. The highest BCUT2D eigenvalue weighted by atomic mass is 35.5. The van der Waals surface area contributed by atoms with Crippen LogP contribution in [-0.4, -0.2) is 43.4 Å². The van der Waals surface area contributed by atoms with Crippen LogP contribution in [0.3, 0.4) is 0 Å². The molecule has 39 heavy (non-hydrogen) atoms. The number of amides is 1. The average molecular weight is 586 g/mol. The molecular weight excluding hydrogens is 561 g/mol. The molecule has 0 fully saturated rings. The predicted molar refractivity (Wildman–Crippen MR) is 154 cm³/mol. The third kappa shape index (κ3) is 5.95. The molecule has 4 aromatic rings. The third-order valence-corrected chi connectivity index (χ3v) is 8.51. The molecule has 0 saturated heterocycles. The van der Waals surface area contributed by atoms with E-state index in [1.807, 2.05) is 12.1 Å². The van der Waals surface area contributed by atoms with Gasteiger partial charge in [-0.3, -0.25) is 9.10 Å². The molecule has 0 heterocycles. The normalized spacial score (nSPS) is 12.2. The highest BCUT2D eigenvalue weighted by molar-refractivity contribution is 7.93. The molecule has 0 saturated carbocycles. The summed E-state index contributed by atoms with van der Waals surface area (Å²) in [4.78, 5) is 26.6. The molecule has 0 aromatic heterocycles. The molecule has 0 spiro atoms. The highest BCUT2D eigenvalue weighted by Gasteiger charge is 2.34. The topological polar surface area (TPSA) is 121 Å². The zero-order chi connectivity index (χ0) is 28.5. The number of nitrogens with zero attached hydrogens (tertiary/aromatic N) is 2. The third-order valence-electron chi connectivity index (χ3n) is 6.20. The summed E-state index contributed by atoms with van der Waals surface area (Å²) < 4.78 is 28.1. The van der Waals surface area contributed by atoms with Crippen LogP contribution in [0.15, 0.2) is 83.8 Å². The zero-order valence-corrected chi connectivity index (χ0v) is 23.3. The number of halogens is 2. The van der Waals surface area contributed by atoms with Crippen LogP contribution in [0.4, 0.5) is 11.4 Å². The minimum absolute atomic E-state index is 0.0914. The Morgan fingerprint density at radius 3 is 2.21 bits per heavy atom. The van der Waals surface area contributed by atoms with E-state index in [2.05, 4.69) is 0 Å². The number of carbonyl (C=O) groups is 2. The lowest BCUT2D eigenvalue weighted by Crippen LogP contribution is -2.43. The summed E-state index contributed by atoms with van der Waals surface area (Å²) in [6.07, 6.45) is 0. The molecule has 3 N–H and O–H groups in total. The number of hydrogen-bond acceptors (Lipinski definition) is 5. The number of anilines is 2. The van der Waals surface area contributed by atoms with Crippen molar-refractivity contribution in [2.24, 2.45) is 0 Å². The number of hydrogen-bond donors (Lipinski definition) is 2. The number of aliphatic carboxylic acids is 1. The van der Waals surface area contributed by atoms with E-state index in [1.165, 1.54) is 37.3 Å². The van der Waals surface area contributed by atoms with Crippen LogP contribution in [0.1, 0.15) is 22.8 Å². The molecule has 202 valence electrons. The number of carboxylic acid groups (broad SMARTS) is 1. The monoisotopic (exact) mass is 585 g/mol. The highest BCUT2D eigenvalue weighted by Crippen LogP contribution is 2.33. The predicted octanol–water partition coefficient (Wildman–Crippen LogP) is 5.67. The van der Waals surface area contributed by atoms with Crippen molar-refractivity contribution in [1.29, 1.82) is 0 Å². The number of benzene rings is 4. The summed E-state index contributed by atoms with van der Waals surface area (Å²) in [6, 6.07) is 19.3. The van der Waals surface area contributed by atoms with Crippen molar-refractivity contribution >= 4 is 67.2 Å². The minimum atomic E-state index is -4.39. The second-order valence-electron chi connectivity index (χ2n) is 9.03. The summed E-state index contributed by atoms with van der Waals surface area (Å²) in [5.74, 6) is -1.58. The number of carboxylic acids is 1. The molecule has 11 heteroatoms. The van der Waals surface area contributed by atoms with Gasteiger partial charge >= 0.3 is 5.97 Å². The Balaban J connectivity index is 1.75. The smallest absolute Gasteiger partial charge is 0.327 e. The van der Waals surface area contributed by atoms with Gasteiger partial charge in [-0.2, -0.15) is 0 Å². The molecule has 1 unspecified atom stereocenters. The van der Waals surface area contributed by atoms with Gasteiger partial charge < -0.3 is 15.7 Å². The van der Waals surface area contributed by atoms with E-state index in [0.717, 1.165) is 9.87 Å². The molecule has 0 aliphatic heterocycles. The van der Waals surface area contributed by atoms with Crippen LogP contribution in [0.2, 0.25) is 10.0 Å². The SMILES string of the molecule is CC(C(=O)O)N(c1ccc2c(C(=O)N(C)Cc3ccc(N)cc3)cccc2c1)S(=O)(=O)c1cc(Cl)cc(Cl)c1. The van der Waals surface area contributed by atoms with E-state index >= 15 is 0 Å². The van der Waals surface area contributed by atoms with E-state index in [0.29, 0.717) is 28.6 Å². The van der Waals surface area contributed by atoms with Gasteiger partial charge in [-0.15, -0.1) is 0 Å². The molecule has 4 rings (SSSR count). The van der Waals surface area contributed by atoms with E-state index in [4.69, 9.17) is 28.9 Å². The first-order valence-corrected chi connectivity index (χ1v) is 13.9. The summed E-state index contributed by atoms with van der Waals surface area (Å²) in [5.41, 5.74) is 7.81. The molecule has 1 amide bonds. The molecule has 0 radical (unpaired) electrons. The van der Waals surface area contributed by atoms with Crippen molar-refractivity contribution in [1.82, 2.24) is 4.90 Å². The van der Waals surface area contributed by atoms with Crippen LogP contribution >= 0.6 is 23.2 Å². The molecule has 8 nitrogen and oxygen atoms in total. The quantitative estimate of drug-likeness (QED) is 0.257. The largest absolute Gasteiger partial charge is 0.480 e. The van der Waals surface area contributed by atoms with Crippen LogP contribution in [-0.2, 0) is 21.4 Å². The Labute approximate surface area is 236 Å². The van der Waals surface area contributed by atoms with Crippen molar-refractivity contribution in [2.45, 2.75) is 24.4 Å². The first kappa shape index (κ1) is 28.2. The fourth-order valence-corrected chi connectivity index (χ4v) is 6.56. The Bertz CT molecular complexity index is 1660. The van der Waals surface area contributed by atoms with Crippen LogP contribution in [0, 0.1) is 0 Å². The summed E-state index contributed by atoms with van der Waals surface area (Å²) >= 11 is 12.1. The van der Waals surface area contributed by atoms with Gasteiger partial charge in [0, 0.05) is 34.9 Å². The van der Waals surface area contributed by atoms with Gasteiger partial charge in [0.2, 0.25) is 0 Å². The van der Waals surface area contributed by atoms with Crippen molar-refractivity contribution < 1.29 is 23.1 Å². The zero-order valence-electron chi connectivity index (χ0n) is 21.0. The lowest BCUT2D eigenvalue weighted by Gasteiger charge is -2.28. The number of sulfonamides is 1. The maximum Gasteiger partial charge on any atom is 0.327 e. The van der Waals surface area contributed by atoms with Crippen molar-refractivity contribution in [3.63, 3.8) is 0 Å². The van der Waals surface area contributed by atoms with Gasteiger partial charge in [0.05, 0.1) is 10.6 Å². The van der Waals surface area contributed by atoms with Crippen molar-refractivity contribution in [2.75, 3.05) is 17.1 Å². The van der Waals surface area contributed by atoms with Crippen LogP contribution < -0.4 is 10.0 Å². The van der Waals surface area contributed by atoms with Gasteiger partial charge in [-0.1, -0.05) is 53.5 Å². The second-order valence-corrected chi connectivity index (χ2v) is 11.7. The van der Waals surface area contributed by atoms with Gasteiger partial charge in [0.15, 0.2) is 0 Å². The summed E-state index contributed by atoms with van der Waals surface area (Å²) in [7, 11) is -2.70. The summed E-state index contributed by atoms with van der Waals surface area (Å²) in [6.45, 7) is 1.63. The summed E-state index contributed by atoms with van der Waals surface area (Å²) in [5, 5.41) is 11.1. The Morgan fingerprint density at radius 2 is 1.59 bits per heavy atom. The fraction of sp³-hybridized carbons (Fsp3) is 0.143. The molecule has 0 aliphatic carbocycles. The van der Waals surface area contributed by atoms with E-state index in [1.54, 1.807) is 48.3 Å². The molecule has 1 atom stereocenters. The number of nitrogens with two attached hydrogens (primary N) is 1. The van der Waals surface area contributed by atoms with E-state index in [-0.39, 0.29) is 26.5 Å². The first-order chi connectivity index (χ1) is 18.4. The van der Waals surface area contributed by atoms with Gasteiger partial charge in [0.25, 0.3) is 15.9 Å². The Hall–Kier alpha value is -3.79. The van der Waals surface area contributed by atoms with Gasteiger partial charge in [-0.05, 0) is 71.8 Å². The number of nitrogen functional groups attached to an aromatic ring is 1. The van der Waals surface area contributed by atoms with E-state index in [9.17, 15) is 23.1 Å². The lowest BCUT2D eigenvalue weighted by atomic mass is 10.0. The van der Waals surface area contributed by atoms with Crippen molar-refractivity contribution in [3.8, 4) is 0 Å². The van der Waals surface area contributed by atoms with Crippen molar-refractivity contribution in [3.05, 3.63) is 100 Å². The van der Waals surface area contributed by atoms with Gasteiger partial charge in [0.1, 0.15) is 6.04 Å². The number of fused-ring (bicyclic) bond motifs is 1. The average Bonchev–Trinajstić information content (AvgIpc) is 2.88. The van der Waals surface area contributed by atoms with Crippen LogP contribution in [0.5, 0.6) is 0 Å². The second kappa shape index (κ2) is 11.1. The Kier molecular flexibility index (Phi) is 8.06.